The second kappa shape index (κ2) is 7.62. The Kier molecular flexibility index (Phi) is 5.78. The molecule has 0 aliphatic rings. The predicted octanol–water partition coefficient (Wildman–Crippen LogP) is 4.19. The molecule has 0 saturated heterocycles. The third kappa shape index (κ3) is 4.48. The van der Waals surface area contributed by atoms with Gasteiger partial charge in [0.05, 0.1) is 0 Å². The minimum atomic E-state index is 0.969. The highest BCUT2D eigenvalue weighted by atomic mass is 32.2. The van der Waals surface area contributed by atoms with E-state index in [4.69, 9.17) is 0 Å². The van der Waals surface area contributed by atoms with E-state index in [-0.39, 0.29) is 0 Å². The average Bonchev–Trinajstić information content (AvgIpc) is 2.91. The van der Waals surface area contributed by atoms with Crippen molar-refractivity contribution in [1.29, 1.82) is 0 Å². The monoisotopic (exact) mass is 277 g/mol. The van der Waals surface area contributed by atoms with Crippen LogP contribution >= 0.6 is 23.1 Å². The van der Waals surface area contributed by atoms with Gasteiger partial charge in [-0.05, 0) is 42.1 Å². The maximum absolute atomic E-state index is 3.34. The van der Waals surface area contributed by atoms with Crippen LogP contribution < -0.4 is 5.32 Å². The first-order valence-corrected chi connectivity index (χ1v) is 8.20. The van der Waals surface area contributed by atoms with Crippen LogP contribution in [0.25, 0.3) is 0 Å². The fraction of sp³-hybridized carbons (Fsp3) is 0.333. The van der Waals surface area contributed by atoms with Crippen LogP contribution in [0.4, 0.5) is 0 Å². The first-order chi connectivity index (χ1) is 8.88. The summed E-state index contributed by atoms with van der Waals surface area (Å²) in [7, 11) is 0. The third-order valence-corrected chi connectivity index (χ3v) is 4.65. The molecule has 0 atom stereocenters. The van der Waals surface area contributed by atoms with Crippen LogP contribution in [0.1, 0.15) is 17.4 Å². The van der Waals surface area contributed by atoms with Crippen molar-refractivity contribution in [2.45, 2.75) is 24.8 Å². The fourth-order valence-corrected chi connectivity index (χ4v) is 3.42. The van der Waals surface area contributed by atoms with Gasteiger partial charge in [0.15, 0.2) is 0 Å². The second-order valence-electron chi connectivity index (χ2n) is 4.10. The zero-order valence-corrected chi connectivity index (χ0v) is 12.3. The molecule has 1 aromatic carbocycles. The molecule has 2 aromatic rings. The summed E-state index contributed by atoms with van der Waals surface area (Å²) < 4.78 is 0. The number of hydrogen-bond donors (Lipinski definition) is 1. The highest BCUT2D eigenvalue weighted by Gasteiger charge is 1.97. The lowest BCUT2D eigenvalue weighted by atomic mass is 10.2. The molecule has 0 aliphatic carbocycles. The van der Waals surface area contributed by atoms with E-state index >= 15 is 0 Å². The molecule has 1 N–H and O–H groups in total. The summed E-state index contributed by atoms with van der Waals surface area (Å²) in [5.74, 6) is 1.16. The summed E-state index contributed by atoms with van der Waals surface area (Å²) in [6.45, 7) is 4.13. The molecule has 1 heterocycles. The van der Waals surface area contributed by atoms with E-state index in [0.29, 0.717) is 0 Å². The minimum Gasteiger partial charge on any atom is -0.313 e. The fourth-order valence-electron chi connectivity index (χ4n) is 1.70. The van der Waals surface area contributed by atoms with Crippen molar-refractivity contribution in [3.05, 3.63) is 52.2 Å². The van der Waals surface area contributed by atoms with Gasteiger partial charge in [-0.1, -0.05) is 25.1 Å². The molecular weight excluding hydrogens is 258 g/mol. The Morgan fingerprint density at radius 3 is 2.67 bits per heavy atom. The van der Waals surface area contributed by atoms with E-state index in [0.717, 1.165) is 18.8 Å². The largest absolute Gasteiger partial charge is 0.313 e. The molecule has 2 rings (SSSR count). The summed E-state index contributed by atoms with van der Waals surface area (Å²) in [5.41, 5.74) is 1.36. The van der Waals surface area contributed by atoms with Crippen LogP contribution in [0, 0.1) is 0 Å². The van der Waals surface area contributed by atoms with E-state index in [1.165, 1.54) is 21.8 Å². The van der Waals surface area contributed by atoms with E-state index in [1.54, 1.807) is 0 Å². The van der Waals surface area contributed by atoms with Crippen LogP contribution in [-0.4, -0.2) is 12.3 Å². The van der Waals surface area contributed by atoms with Crippen LogP contribution in [0.2, 0.25) is 0 Å². The minimum absolute atomic E-state index is 0.969. The molecule has 18 heavy (non-hydrogen) atoms. The lowest BCUT2D eigenvalue weighted by Crippen LogP contribution is -2.11. The van der Waals surface area contributed by atoms with Crippen molar-refractivity contribution in [2.75, 3.05) is 12.3 Å². The van der Waals surface area contributed by atoms with E-state index < -0.39 is 0 Å². The predicted molar refractivity (Wildman–Crippen MR) is 82.6 cm³/mol. The summed E-state index contributed by atoms with van der Waals surface area (Å²) >= 11 is 3.79. The van der Waals surface area contributed by atoms with Gasteiger partial charge < -0.3 is 5.32 Å². The van der Waals surface area contributed by atoms with Crippen LogP contribution in [0.5, 0.6) is 0 Å². The Morgan fingerprint density at radius 1 is 1.17 bits per heavy atom. The molecule has 0 spiro atoms. The quantitative estimate of drug-likeness (QED) is 0.762. The molecule has 0 bridgehead atoms. The zero-order chi connectivity index (χ0) is 12.6. The molecule has 1 aromatic heterocycles. The van der Waals surface area contributed by atoms with Crippen LogP contribution in [0.15, 0.2) is 46.7 Å². The molecule has 3 heteroatoms. The Morgan fingerprint density at radius 2 is 2.00 bits per heavy atom. The summed E-state index contributed by atoms with van der Waals surface area (Å²) in [6, 6.07) is 13.2. The Balaban J connectivity index is 1.75. The number of thiophene rings is 1. The topological polar surface area (TPSA) is 12.0 Å². The second-order valence-corrected chi connectivity index (χ2v) is 6.30. The van der Waals surface area contributed by atoms with E-state index in [2.05, 4.69) is 54.0 Å². The Bertz CT molecular complexity index is 434. The maximum Gasteiger partial charge on any atom is 0.0205 e. The molecule has 96 valence electrons. The smallest absolute Gasteiger partial charge is 0.0205 e. The number of benzene rings is 1. The normalized spacial score (nSPS) is 10.7. The van der Waals surface area contributed by atoms with Crippen molar-refractivity contribution >= 4 is 23.1 Å². The van der Waals surface area contributed by atoms with Gasteiger partial charge in [-0.2, -0.15) is 0 Å². The molecule has 0 radical (unpaired) electrons. The lowest BCUT2D eigenvalue weighted by Gasteiger charge is -2.04. The molecule has 0 amide bonds. The van der Waals surface area contributed by atoms with Crippen LogP contribution in [-0.2, 0) is 13.0 Å². The average molecular weight is 277 g/mol. The molecule has 0 aliphatic heterocycles. The zero-order valence-electron chi connectivity index (χ0n) is 10.7. The summed E-state index contributed by atoms with van der Waals surface area (Å²) in [5, 5.41) is 5.49. The van der Waals surface area contributed by atoms with E-state index in [9.17, 15) is 0 Å². The van der Waals surface area contributed by atoms with Gasteiger partial charge >= 0.3 is 0 Å². The number of aryl methyl sites for hydroxylation is 1. The van der Waals surface area contributed by atoms with Gasteiger partial charge in [-0.3, -0.25) is 0 Å². The first-order valence-electron chi connectivity index (χ1n) is 6.33. The van der Waals surface area contributed by atoms with Gasteiger partial charge in [0.25, 0.3) is 0 Å². The molecule has 1 nitrogen and oxygen atoms in total. The Labute approximate surface area is 118 Å². The lowest BCUT2D eigenvalue weighted by molar-refractivity contribution is 0.726. The van der Waals surface area contributed by atoms with Gasteiger partial charge in [-0.25, -0.2) is 0 Å². The molecular formula is C15H19NS2. The summed E-state index contributed by atoms with van der Waals surface area (Å²) in [4.78, 5) is 2.85. The van der Waals surface area contributed by atoms with Crippen molar-refractivity contribution in [3.8, 4) is 0 Å². The van der Waals surface area contributed by atoms with Gasteiger partial charge in [0.2, 0.25) is 0 Å². The van der Waals surface area contributed by atoms with Gasteiger partial charge in [0, 0.05) is 22.1 Å². The van der Waals surface area contributed by atoms with Crippen molar-refractivity contribution in [2.24, 2.45) is 0 Å². The van der Waals surface area contributed by atoms with Gasteiger partial charge in [-0.15, -0.1) is 23.1 Å². The molecule has 0 saturated carbocycles. The van der Waals surface area contributed by atoms with Gasteiger partial charge in [0.1, 0.15) is 0 Å². The molecule has 0 unspecified atom stereocenters. The highest BCUT2D eigenvalue weighted by Crippen LogP contribution is 2.21. The molecule has 0 fully saturated rings. The number of thioether (sulfide) groups is 1. The maximum atomic E-state index is 3.34. The van der Waals surface area contributed by atoms with Crippen molar-refractivity contribution in [1.82, 2.24) is 5.32 Å². The standard InChI is InChI=1S/C15H19NS2/c1-2-16-12-13-5-7-15(8-6-13)18-11-9-14-4-3-10-17-14/h3-8,10,16H,2,9,11-12H2,1H3. The summed E-state index contributed by atoms with van der Waals surface area (Å²) in [6.07, 6.45) is 1.17. The number of nitrogens with one attached hydrogen (secondary N) is 1. The van der Waals surface area contributed by atoms with Crippen molar-refractivity contribution < 1.29 is 0 Å². The van der Waals surface area contributed by atoms with E-state index in [1.807, 2.05) is 23.1 Å². The number of hydrogen-bond acceptors (Lipinski definition) is 3. The number of rotatable bonds is 7. The van der Waals surface area contributed by atoms with Crippen LogP contribution in [0.3, 0.4) is 0 Å². The third-order valence-electron chi connectivity index (χ3n) is 2.70. The van der Waals surface area contributed by atoms with Crippen molar-refractivity contribution in [3.63, 3.8) is 0 Å². The SMILES string of the molecule is CCNCc1ccc(SCCc2cccs2)cc1. The highest BCUT2D eigenvalue weighted by molar-refractivity contribution is 7.99. The first kappa shape index (κ1) is 13.7. The Hall–Kier alpha value is -0.770.